The van der Waals surface area contributed by atoms with Crippen molar-refractivity contribution >= 4 is 34.5 Å². The molecule has 2 aromatic carbocycles. The maximum absolute atomic E-state index is 11.3. The van der Waals surface area contributed by atoms with Crippen LogP contribution in [0.2, 0.25) is 0 Å². The van der Waals surface area contributed by atoms with Gasteiger partial charge in [-0.05, 0) is 68.4 Å². The SMILES string of the molecule is CC(=O)c1ccc(NC(=S)N2c3ccccc3C[C@@H]2C)cc1. The van der Waals surface area contributed by atoms with E-state index in [0.29, 0.717) is 16.7 Å². The largest absolute Gasteiger partial charge is 0.332 e. The monoisotopic (exact) mass is 310 g/mol. The molecule has 1 aliphatic heterocycles. The highest BCUT2D eigenvalue weighted by Gasteiger charge is 2.28. The third kappa shape index (κ3) is 2.74. The maximum atomic E-state index is 11.3. The van der Waals surface area contributed by atoms with Crippen LogP contribution in [0.5, 0.6) is 0 Å². The number of para-hydroxylation sites is 1. The summed E-state index contributed by atoms with van der Waals surface area (Å²) in [6, 6.07) is 16.1. The highest BCUT2D eigenvalue weighted by atomic mass is 32.1. The van der Waals surface area contributed by atoms with Crippen LogP contribution in [0.4, 0.5) is 11.4 Å². The first-order valence-electron chi connectivity index (χ1n) is 7.35. The molecule has 0 aliphatic carbocycles. The molecule has 0 radical (unpaired) electrons. The van der Waals surface area contributed by atoms with Crippen LogP contribution in [0, 0.1) is 0 Å². The number of nitrogens with one attached hydrogen (secondary N) is 1. The molecule has 0 spiro atoms. The van der Waals surface area contributed by atoms with Crippen molar-refractivity contribution in [2.75, 3.05) is 10.2 Å². The summed E-state index contributed by atoms with van der Waals surface area (Å²) in [5.41, 5.74) is 4.10. The molecule has 2 aromatic rings. The zero-order valence-electron chi connectivity index (χ0n) is 12.7. The molecule has 112 valence electrons. The number of anilines is 2. The quantitative estimate of drug-likeness (QED) is 0.670. The Bertz CT molecular complexity index is 724. The van der Waals surface area contributed by atoms with Crippen LogP contribution in [0.15, 0.2) is 48.5 Å². The van der Waals surface area contributed by atoms with Crippen molar-refractivity contribution in [2.24, 2.45) is 0 Å². The van der Waals surface area contributed by atoms with Gasteiger partial charge in [0.15, 0.2) is 10.9 Å². The molecule has 1 aliphatic rings. The molecule has 1 atom stereocenters. The molecule has 3 nitrogen and oxygen atoms in total. The zero-order valence-corrected chi connectivity index (χ0v) is 13.5. The van der Waals surface area contributed by atoms with Gasteiger partial charge in [0.1, 0.15) is 0 Å². The number of hydrogen-bond donors (Lipinski definition) is 1. The Kier molecular flexibility index (Phi) is 3.94. The molecule has 1 N–H and O–H groups in total. The molecule has 1 heterocycles. The van der Waals surface area contributed by atoms with Gasteiger partial charge in [-0.3, -0.25) is 4.79 Å². The molecular formula is C18H18N2OS. The van der Waals surface area contributed by atoms with Crippen LogP contribution in [0.25, 0.3) is 0 Å². The van der Waals surface area contributed by atoms with E-state index in [2.05, 4.69) is 35.3 Å². The Labute approximate surface area is 136 Å². The molecule has 0 amide bonds. The van der Waals surface area contributed by atoms with E-state index in [4.69, 9.17) is 12.2 Å². The van der Waals surface area contributed by atoms with Crippen molar-refractivity contribution in [1.82, 2.24) is 0 Å². The summed E-state index contributed by atoms with van der Waals surface area (Å²) < 4.78 is 0. The molecule has 4 heteroatoms. The van der Waals surface area contributed by atoms with Gasteiger partial charge in [0, 0.05) is 23.0 Å². The topological polar surface area (TPSA) is 32.3 Å². The summed E-state index contributed by atoms with van der Waals surface area (Å²) >= 11 is 5.58. The van der Waals surface area contributed by atoms with E-state index >= 15 is 0 Å². The van der Waals surface area contributed by atoms with Gasteiger partial charge < -0.3 is 10.2 Å². The molecule has 22 heavy (non-hydrogen) atoms. The minimum atomic E-state index is 0.0659. The fraction of sp³-hybridized carbons (Fsp3) is 0.222. The van der Waals surface area contributed by atoms with E-state index in [1.165, 1.54) is 11.3 Å². The number of benzene rings is 2. The zero-order chi connectivity index (χ0) is 15.7. The van der Waals surface area contributed by atoms with Crippen LogP contribution in [-0.4, -0.2) is 16.9 Å². The molecule has 0 aromatic heterocycles. The van der Waals surface area contributed by atoms with Gasteiger partial charge in [-0.15, -0.1) is 0 Å². The first kappa shape index (κ1) is 14.7. The van der Waals surface area contributed by atoms with Crippen LogP contribution >= 0.6 is 12.2 Å². The summed E-state index contributed by atoms with van der Waals surface area (Å²) in [4.78, 5) is 13.5. The Morgan fingerprint density at radius 2 is 1.86 bits per heavy atom. The first-order chi connectivity index (χ1) is 10.6. The lowest BCUT2D eigenvalue weighted by Crippen LogP contribution is -2.38. The third-order valence-electron chi connectivity index (χ3n) is 3.97. The van der Waals surface area contributed by atoms with Crippen LogP contribution in [0.1, 0.15) is 29.8 Å². The van der Waals surface area contributed by atoms with Gasteiger partial charge >= 0.3 is 0 Å². The summed E-state index contributed by atoms with van der Waals surface area (Å²) in [5, 5.41) is 3.96. The second-order valence-corrected chi connectivity index (χ2v) is 6.00. The lowest BCUT2D eigenvalue weighted by molar-refractivity contribution is 0.101. The number of hydrogen-bond acceptors (Lipinski definition) is 2. The maximum Gasteiger partial charge on any atom is 0.178 e. The van der Waals surface area contributed by atoms with E-state index in [0.717, 1.165) is 12.1 Å². The summed E-state index contributed by atoms with van der Waals surface area (Å²) in [7, 11) is 0. The Morgan fingerprint density at radius 3 is 2.55 bits per heavy atom. The summed E-state index contributed by atoms with van der Waals surface area (Å²) in [6.45, 7) is 3.74. The molecule has 3 rings (SSSR count). The van der Waals surface area contributed by atoms with Crippen molar-refractivity contribution in [3.8, 4) is 0 Å². The third-order valence-corrected chi connectivity index (χ3v) is 4.27. The number of carbonyl (C=O) groups is 1. The van der Waals surface area contributed by atoms with Gasteiger partial charge in [-0.2, -0.15) is 0 Å². The van der Waals surface area contributed by atoms with Gasteiger partial charge in [0.2, 0.25) is 0 Å². The molecule has 0 saturated heterocycles. The van der Waals surface area contributed by atoms with Crippen LogP contribution < -0.4 is 10.2 Å². The van der Waals surface area contributed by atoms with Crippen molar-refractivity contribution in [3.05, 3.63) is 59.7 Å². The normalized spacial score (nSPS) is 16.3. The fourth-order valence-electron chi connectivity index (χ4n) is 2.85. The first-order valence-corrected chi connectivity index (χ1v) is 7.76. The summed E-state index contributed by atoms with van der Waals surface area (Å²) in [6.07, 6.45) is 1.00. The van der Waals surface area contributed by atoms with Crippen molar-refractivity contribution in [3.63, 3.8) is 0 Å². The smallest absolute Gasteiger partial charge is 0.178 e. The number of fused-ring (bicyclic) bond motifs is 1. The Morgan fingerprint density at radius 1 is 1.18 bits per heavy atom. The number of ketones is 1. The number of rotatable bonds is 2. The standard InChI is InChI=1S/C18H18N2OS/c1-12-11-15-5-3-4-6-17(15)20(12)18(22)19-16-9-7-14(8-10-16)13(2)21/h3-10,12H,11H2,1-2H3,(H,19,22)/t12-/m0/s1. The second-order valence-electron chi connectivity index (χ2n) is 5.62. The van der Waals surface area contributed by atoms with E-state index in [1.807, 2.05) is 30.3 Å². The van der Waals surface area contributed by atoms with Crippen LogP contribution in [0.3, 0.4) is 0 Å². The average Bonchev–Trinajstić information content (AvgIpc) is 2.83. The van der Waals surface area contributed by atoms with Crippen molar-refractivity contribution < 1.29 is 4.79 Å². The molecule has 0 fully saturated rings. The van der Waals surface area contributed by atoms with Gasteiger partial charge in [0.05, 0.1) is 0 Å². The predicted molar refractivity (Wildman–Crippen MR) is 94.8 cm³/mol. The van der Waals surface area contributed by atoms with Crippen molar-refractivity contribution in [2.45, 2.75) is 26.3 Å². The van der Waals surface area contributed by atoms with Crippen LogP contribution in [-0.2, 0) is 6.42 Å². The van der Waals surface area contributed by atoms with E-state index in [9.17, 15) is 4.79 Å². The minimum Gasteiger partial charge on any atom is -0.332 e. The number of carbonyl (C=O) groups excluding carboxylic acids is 1. The molecular weight excluding hydrogens is 292 g/mol. The highest BCUT2D eigenvalue weighted by molar-refractivity contribution is 7.80. The highest BCUT2D eigenvalue weighted by Crippen LogP contribution is 2.32. The van der Waals surface area contributed by atoms with Gasteiger partial charge in [-0.25, -0.2) is 0 Å². The number of Topliss-reactive ketones (excluding diaryl/α,β-unsaturated/α-hetero) is 1. The van der Waals surface area contributed by atoms with E-state index in [1.54, 1.807) is 6.92 Å². The second kappa shape index (κ2) is 5.89. The minimum absolute atomic E-state index is 0.0659. The number of nitrogens with zero attached hydrogens (tertiary/aromatic N) is 1. The van der Waals surface area contributed by atoms with E-state index in [-0.39, 0.29) is 5.78 Å². The average molecular weight is 310 g/mol. The lowest BCUT2D eigenvalue weighted by atomic mass is 10.1. The molecule has 0 unspecified atom stereocenters. The Balaban J connectivity index is 1.78. The van der Waals surface area contributed by atoms with Gasteiger partial charge in [0.25, 0.3) is 0 Å². The fourth-order valence-corrected chi connectivity index (χ4v) is 3.24. The number of thiocarbonyl (C=S) groups is 1. The summed E-state index contributed by atoms with van der Waals surface area (Å²) in [5.74, 6) is 0.0659. The molecule has 0 saturated carbocycles. The molecule has 0 bridgehead atoms. The lowest BCUT2D eigenvalue weighted by Gasteiger charge is -2.26. The predicted octanol–water partition coefficient (Wildman–Crippen LogP) is 4.04. The Hall–Kier alpha value is -2.20. The van der Waals surface area contributed by atoms with Gasteiger partial charge in [-0.1, -0.05) is 18.2 Å². The van der Waals surface area contributed by atoms with Crippen molar-refractivity contribution in [1.29, 1.82) is 0 Å². The van der Waals surface area contributed by atoms with E-state index < -0.39 is 0 Å².